The van der Waals surface area contributed by atoms with E-state index in [9.17, 15) is 24.5 Å². The fourth-order valence-corrected chi connectivity index (χ4v) is 4.83. The minimum absolute atomic E-state index is 0.0275. The molecule has 0 aliphatic carbocycles. The molecule has 0 bridgehead atoms. The lowest BCUT2D eigenvalue weighted by molar-refractivity contribution is -0.384. The third-order valence-corrected chi connectivity index (χ3v) is 6.64. The Labute approximate surface area is 211 Å². The number of carbonyl (C=O) groups is 3. The van der Waals surface area contributed by atoms with Gasteiger partial charge in [-0.3, -0.25) is 24.6 Å². The van der Waals surface area contributed by atoms with Crippen molar-refractivity contribution >= 4 is 40.6 Å². The predicted octanol–water partition coefficient (Wildman–Crippen LogP) is 5.42. The van der Waals surface area contributed by atoms with Crippen LogP contribution in [0.3, 0.4) is 0 Å². The van der Waals surface area contributed by atoms with Gasteiger partial charge >= 0.3 is 5.97 Å². The number of rotatable bonds is 7. The quantitative estimate of drug-likeness (QED) is 0.182. The third-order valence-electron chi connectivity index (χ3n) is 5.73. The number of nitro groups is 1. The van der Waals surface area contributed by atoms with Crippen LogP contribution in [0, 0.1) is 24.0 Å². The van der Waals surface area contributed by atoms with Crippen LogP contribution in [0.4, 0.5) is 10.5 Å². The molecule has 36 heavy (non-hydrogen) atoms. The van der Waals surface area contributed by atoms with Crippen molar-refractivity contribution in [2.24, 2.45) is 0 Å². The Morgan fingerprint density at radius 2 is 1.83 bits per heavy atom. The number of imide groups is 1. The fourth-order valence-electron chi connectivity index (χ4n) is 4.00. The normalized spacial score (nSPS) is 14.5. The van der Waals surface area contributed by atoms with Gasteiger partial charge in [0, 0.05) is 29.2 Å². The predicted molar refractivity (Wildman–Crippen MR) is 136 cm³/mol. The van der Waals surface area contributed by atoms with Crippen LogP contribution in [0.15, 0.2) is 59.5 Å². The number of thioether (sulfide) groups is 1. The van der Waals surface area contributed by atoms with Crippen molar-refractivity contribution in [2.75, 3.05) is 6.61 Å². The topological polar surface area (TPSA) is 112 Å². The first-order valence-electron chi connectivity index (χ1n) is 11.1. The molecule has 184 valence electrons. The zero-order chi connectivity index (χ0) is 26.0. The number of hydrogen-bond acceptors (Lipinski definition) is 7. The molecule has 1 fully saturated rings. The first-order valence-corrected chi connectivity index (χ1v) is 12.0. The summed E-state index contributed by atoms with van der Waals surface area (Å²) in [6.45, 7) is 5.88. The number of carbonyl (C=O) groups excluding carboxylic acids is 3. The second-order valence-electron chi connectivity index (χ2n) is 8.12. The number of ether oxygens (including phenoxy) is 1. The number of non-ortho nitro benzene ring substituents is 1. The van der Waals surface area contributed by atoms with E-state index in [1.165, 1.54) is 24.3 Å². The van der Waals surface area contributed by atoms with Gasteiger partial charge in [0.05, 0.1) is 28.5 Å². The highest BCUT2D eigenvalue weighted by Gasteiger charge is 2.35. The Kier molecular flexibility index (Phi) is 7.07. The second kappa shape index (κ2) is 10.2. The molecule has 0 radical (unpaired) electrons. The summed E-state index contributed by atoms with van der Waals surface area (Å²) < 4.78 is 7.07. The van der Waals surface area contributed by atoms with Gasteiger partial charge in [-0.1, -0.05) is 18.2 Å². The van der Waals surface area contributed by atoms with Crippen molar-refractivity contribution in [3.63, 3.8) is 0 Å². The number of aryl methyl sites for hydroxylation is 1. The molecular weight excluding hydrogens is 482 g/mol. The summed E-state index contributed by atoms with van der Waals surface area (Å²) in [5, 5.41) is 10.4. The molecule has 9 nitrogen and oxygen atoms in total. The zero-order valence-corrected chi connectivity index (χ0v) is 20.7. The lowest BCUT2D eigenvalue weighted by Gasteiger charge is -2.12. The van der Waals surface area contributed by atoms with E-state index in [4.69, 9.17) is 4.74 Å². The van der Waals surface area contributed by atoms with Gasteiger partial charge in [0.1, 0.15) is 0 Å². The van der Waals surface area contributed by atoms with Gasteiger partial charge in [-0.15, -0.1) is 0 Å². The summed E-state index contributed by atoms with van der Waals surface area (Å²) in [4.78, 5) is 49.5. The van der Waals surface area contributed by atoms with Crippen LogP contribution < -0.4 is 0 Å². The van der Waals surface area contributed by atoms with Gasteiger partial charge in [0.2, 0.25) is 0 Å². The van der Waals surface area contributed by atoms with Crippen LogP contribution in [-0.4, -0.2) is 38.1 Å². The molecule has 0 saturated carbocycles. The molecule has 0 atom stereocenters. The van der Waals surface area contributed by atoms with E-state index in [2.05, 4.69) is 0 Å². The van der Waals surface area contributed by atoms with Crippen molar-refractivity contribution in [2.45, 2.75) is 27.3 Å². The second-order valence-corrected chi connectivity index (χ2v) is 9.12. The highest BCUT2D eigenvalue weighted by Crippen LogP contribution is 2.35. The average molecular weight is 506 g/mol. The number of hydrogen-bond donors (Lipinski definition) is 0. The number of nitro benzene ring substituents is 1. The molecule has 1 saturated heterocycles. The molecule has 0 unspecified atom stereocenters. The number of nitrogens with zero attached hydrogens (tertiary/aromatic N) is 3. The molecule has 0 spiro atoms. The molecule has 10 heteroatoms. The van der Waals surface area contributed by atoms with Crippen LogP contribution >= 0.6 is 11.8 Å². The van der Waals surface area contributed by atoms with E-state index in [1.54, 1.807) is 31.2 Å². The Balaban J connectivity index is 1.59. The molecule has 2 aromatic carbocycles. The number of esters is 1. The summed E-state index contributed by atoms with van der Waals surface area (Å²) in [6, 6.07) is 14.8. The van der Waals surface area contributed by atoms with E-state index in [0.717, 1.165) is 39.3 Å². The summed E-state index contributed by atoms with van der Waals surface area (Å²) in [7, 11) is 0. The summed E-state index contributed by atoms with van der Waals surface area (Å²) in [5.74, 6) is -0.818. The smallest absolute Gasteiger partial charge is 0.338 e. The molecular formula is C26H23N3O6S. The molecule has 4 rings (SSSR count). The van der Waals surface area contributed by atoms with Gasteiger partial charge in [0.15, 0.2) is 0 Å². The third kappa shape index (κ3) is 4.94. The van der Waals surface area contributed by atoms with Crippen molar-refractivity contribution in [3.8, 4) is 5.69 Å². The number of benzene rings is 2. The lowest BCUT2D eigenvalue weighted by Crippen LogP contribution is -2.27. The maximum atomic E-state index is 13.0. The highest BCUT2D eigenvalue weighted by atomic mass is 32.2. The lowest BCUT2D eigenvalue weighted by atomic mass is 10.2. The maximum Gasteiger partial charge on any atom is 0.338 e. The molecule has 1 aliphatic heterocycles. The van der Waals surface area contributed by atoms with Gasteiger partial charge in [0.25, 0.3) is 16.8 Å². The first-order chi connectivity index (χ1) is 17.2. The monoisotopic (exact) mass is 505 g/mol. The van der Waals surface area contributed by atoms with E-state index in [-0.39, 0.29) is 18.8 Å². The van der Waals surface area contributed by atoms with E-state index in [1.807, 2.05) is 30.5 Å². The Hall–Kier alpha value is -4.18. The molecule has 3 aromatic rings. The Bertz CT molecular complexity index is 1410. The fraction of sp³-hybridized carbons (Fsp3) is 0.192. The van der Waals surface area contributed by atoms with Crippen LogP contribution in [0.5, 0.6) is 0 Å². The molecule has 1 aromatic heterocycles. The van der Waals surface area contributed by atoms with E-state index in [0.29, 0.717) is 16.0 Å². The first kappa shape index (κ1) is 24.9. The van der Waals surface area contributed by atoms with Gasteiger partial charge in [-0.2, -0.15) is 0 Å². The Morgan fingerprint density at radius 1 is 1.11 bits per heavy atom. The van der Waals surface area contributed by atoms with Gasteiger partial charge in [-0.25, -0.2) is 4.79 Å². The molecule has 1 aliphatic rings. The van der Waals surface area contributed by atoms with Crippen LogP contribution in [0.1, 0.15) is 39.8 Å². The molecule has 2 heterocycles. The number of aromatic nitrogens is 1. The van der Waals surface area contributed by atoms with Gasteiger partial charge < -0.3 is 9.30 Å². The minimum Gasteiger partial charge on any atom is -0.462 e. The summed E-state index contributed by atoms with van der Waals surface area (Å²) in [5.41, 5.74) is 4.28. The van der Waals surface area contributed by atoms with Gasteiger partial charge in [-0.05, 0) is 74.0 Å². The van der Waals surface area contributed by atoms with E-state index < -0.39 is 22.0 Å². The summed E-state index contributed by atoms with van der Waals surface area (Å²) in [6.07, 6.45) is 1.69. The van der Waals surface area contributed by atoms with Crippen LogP contribution in [-0.2, 0) is 16.1 Å². The highest BCUT2D eigenvalue weighted by molar-refractivity contribution is 8.18. The van der Waals surface area contributed by atoms with Crippen molar-refractivity contribution in [1.82, 2.24) is 9.47 Å². The zero-order valence-electron chi connectivity index (χ0n) is 19.9. The minimum atomic E-state index is -0.504. The van der Waals surface area contributed by atoms with Crippen LogP contribution in [0.25, 0.3) is 11.8 Å². The Morgan fingerprint density at radius 3 is 2.50 bits per heavy atom. The SMILES string of the molecule is CCOC(=O)c1cccc(-n2c(C)cc(/C=C3\SC(=O)N(Cc4ccc([N+](=O)[O-])cc4)C3=O)c2C)c1. The summed E-state index contributed by atoms with van der Waals surface area (Å²) >= 11 is 0.855. The van der Waals surface area contributed by atoms with Crippen molar-refractivity contribution in [3.05, 3.63) is 97.7 Å². The standard InChI is InChI=1S/C26H23N3O6S/c1-4-35-25(31)19-6-5-7-22(13-19)28-16(2)12-20(17(28)3)14-23-24(30)27(26(32)36-23)15-18-8-10-21(11-9-18)29(33)34/h5-14H,4,15H2,1-3H3/b23-14-. The van der Waals surface area contributed by atoms with E-state index >= 15 is 0 Å². The molecule has 2 amide bonds. The average Bonchev–Trinajstić information content (AvgIpc) is 3.28. The molecule has 0 N–H and O–H groups in total. The largest absolute Gasteiger partial charge is 0.462 e. The number of amides is 2. The van der Waals surface area contributed by atoms with Crippen LogP contribution in [0.2, 0.25) is 0 Å². The van der Waals surface area contributed by atoms with Crippen molar-refractivity contribution in [1.29, 1.82) is 0 Å². The maximum absolute atomic E-state index is 13.0. The van der Waals surface area contributed by atoms with Crippen molar-refractivity contribution < 1.29 is 24.0 Å².